The Morgan fingerprint density at radius 2 is 1.91 bits per heavy atom. The van der Waals surface area contributed by atoms with Crippen LogP contribution in [0, 0.1) is 5.82 Å². The van der Waals surface area contributed by atoms with E-state index in [1.54, 1.807) is 41.5 Å². The Balaban J connectivity index is 1.64. The first-order chi connectivity index (χ1) is 15.9. The van der Waals surface area contributed by atoms with Gasteiger partial charge in [-0.25, -0.2) is 19.3 Å². The van der Waals surface area contributed by atoms with Gasteiger partial charge in [-0.05, 0) is 36.2 Å². The van der Waals surface area contributed by atoms with Crippen LogP contribution in [0.1, 0.15) is 24.6 Å². The summed E-state index contributed by atoms with van der Waals surface area (Å²) >= 11 is 0. The maximum absolute atomic E-state index is 13.5. The molecule has 0 bridgehead atoms. The molecular formula is C24H22FN7O. The van der Waals surface area contributed by atoms with Crippen molar-refractivity contribution in [3.8, 4) is 22.4 Å². The number of nitrogens with two attached hydrogens (primary N) is 1. The van der Waals surface area contributed by atoms with Crippen LogP contribution in [0.15, 0.2) is 61.2 Å². The summed E-state index contributed by atoms with van der Waals surface area (Å²) in [5, 5.41) is 16.6. The number of nitrogens with one attached hydrogen (secondary N) is 1. The number of halogens is 1. The topological polar surface area (TPSA) is 119 Å². The lowest BCUT2D eigenvalue weighted by atomic mass is 9.87. The molecule has 166 valence electrons. The Hall–Kier alpha value is -4.11. The van der Waals surface area contributed by atoms with Crippen LogP contribution in [0.4, 0.5) is 10.3 Å². The number of aromatic nitrogens is 6. The molecule has 0 aliphatic carbocycles. The molecular weight excluding hydrogens is 421 g/mol. The van der Waals surface area contributed by atoms with E-state index in [0.29, 0.717) is 29.0 Å². The summed E-state index contributed by atoms with van der Waals surface area (Å²) < 4.78 is 15.2. The van der Waals surface area contributed by atoms with Gasteiger partial charge in [-0.3, -0.25) is 4.68 Å². The third kappa shape index (κ3) is 3.62. The van der Waals surface area contributed by atoms with Crippen molar-refractivity contribution in [2.24, 2.45) is 7.05 Å². The molecule has 0 aliphatic heterocycles. The number of pyridine rings is 1. The first kappa shape index (κ1) is 20.8. The van der Waals surface area contributed by atoms with Crippen molar-refractivity contribution in [2.75, 3.05) is 5.73 Å². The lowest BCUT2D eigenvalue weighted by Gasteiger charge is -2.27. The van der Waals surface area contributed by atoms with Crippen LogP contribution in [0.3, 0.4) is 0 Å². The summed E-state index contributed by atoms with van der Waals surface area (Å²) in [7, 11) is 1.86. The van der Waals surface area contributed by atoms with Crippen LogP contribution >= 0.6 is 0 Å². The molecule has 0 saturated heterocycles. The maximum Gasteiger partial charge on any atom is 0.220 e. The standard InChI is InChI=1S/C24H22FN7O/c1-3-24(33,16-4-6-17(25)7-5-16)21-9-20(30-23(26)31-21)19-12-28-22-18(19)8-14(10-27-22)15-11-29-32(2)13-15/h4-13,33H,3H2,1-2H3,(H,27,28)(H2,26,30,31)/t24-/m0/s1. The number of aromatic amines is 1. The lowest BCUT2D eigenvalue weighted by molar-refractivity contribution is 0.0719. The number of H-pyrrole nitrogens is 1. The highest BCUT2D eigenvalue weighted by Gasteiger charge is 2.32. The molecule has 0 radical (unpaired) electrons. The molecule has 0 aliphatic rings. The van der Waals surface area contributed by atoms with Crippen LogP contribution in [0.25, 0.3) is 33.4 Å². The minimum atomic E-state index is -1.45. The monoisotopic (exact) mass is 443 g/mol. The molecule has 5 aromatic rings. The fourth-order valence-corrected chi connectivity index (χ4v) is 4.02. The van der Waals surface area contributed by atoms with Gasteiger partial charge in [-0.15, -0.1) is 0 Å². The minimum absolute atomic E-state index is 0.0298. The molecule has 33 heavy (non-hydrogen) atoms. The molecule has 5 rings (SSSR count). The number of nitrogens with zero attached hydrogens (tertiary/aromatic N) is 5. The predicted octanol–water partition coefficient (Wildman–Crippen LogP) is 3.79. The van der Waals surface area contributed by atoms with E-state index in [0.717, 1.165) is 22.1 Å². The van der Waals surface area contributed by atoms with Gasteiger partial charge in [0.1, 0.15) is 17.1 Å². The van der Waals surface area contributed by atoms with E-state index in [1.807, 2.05) is 26.2 Å². The molecule has 4 aromatic heterocycles. The third-order valence-electron chi connectivity index (χ3n) is 5.85. The second-order valence-electron chi connectivity index (χ2n) is 7.94. The maximum atomic E-state index is 13.5. The normalized spacial score (nSPS) is 13.3. The van der Waals surface area contributed by atoms with Gasteiger partial charge in [-0.2, -0.15) is 5.10 Å². The van der Waals surface area contributed by atoms with Crippen LogP contribution in [-0.4, -0.2) is 34.8 Å². The molecule has 8 nitrogen and oxygen atoms in total. The van der Waals surface area contributed by atoms with Gasteiger partial charge in [0.05, 0.1) is 17.6 Å². The summed E-state index contributed by atoms with van der Waals surface area (Å²) in [6, 6.07) is 9.44. The van der Waals surface area contributed by atoms with Gasteiger partial charge >= 0.3 is 0 Å². The van der Waals surface area contributed by atoms with E-state index in [1.165, 1.54) is 12.1 Å². The number of aliphatic hydroxyl groups is 1. The smallest absolute Gasteiger partial charge is 0.220 e. The van der Waals surface area contributed by atoms with E-state index in [-0.39, 0.29) is 11.8 Å². The molecule has 4 N–H and O–H groups in total. The second kappa shape index (κ2) is 7.79. The highest BCUT2D eigenvalue weighted by atomic mass is 19.1. The van der Waals surface area contributed by atoms with Gasteiger partial charge < -0.3 is 15.8 Å². The van der Waals surface area contributed by atoms with Crippen LogP contribution < -0.4 is 5.73 Å². The van der Waals surface area contributed by atoms with E-state index >= 15 is 0 Å². The van der Waals surface area contributed by atoms with Crippen LogP contribution in [0.5, 0.6) is 0 Å². The Kier molecular flexibility index (Phi) is 4.90. The van der Waals surface area contributed by atoms with Gasteiger partial charge in [0.15, 0.2) is 0 Å². The summed E-state index contributed by atoms with van der Waals surface area (Å²) in [5.41, 5.74) is 9.33. The Bertz CT molecular complexity index is 1460. The molecule has 0 spiro atoms. The first-order valence-corrected chi connectivity index (χ1v) is 10.5. The van der Waals surface area contributed by atoms with E-state index < -0.39 is 5.60 Å². The van der Waals surface area contributed by atoms with Gasteiger partial charge in [0.2, 0.25) is 5.95 Å². The largest absolute Gasteiger partial charge is 0.379 e. The number of anilines is 1. The molecule has 1 aromatic carbocycles. The predicted molar refractivity (Wildman–Crippen MR) is 123 cm³/mol. The number of benzene rings is 1. The Morgan fingerprint density at radius 3 is 2.61 bits per heavy atom. The summed E-state index contributed by atoms with van der Waals surface area (Å²) in [5.74, 6) is -0.349. The van der Waals surface area contributed by atoms with Crippen molar-refractivity contribution >= 4 is 17.0 Å². The zero-order valence-electron chi connectivity index (χ0n) is 18.1. The van der Waals surface area contributed by atoms with E-state index in [2.05, 4.69) is 25.0 Å². The summed E-state index contributed by atoms with van der Waals surface area (Å²) in [6.07, 6.45) is 7.60. The zero-order chi connectivity index (χ0) is 23.2. The lowest BCUT2D eigenvalue weighted by Crippen LogP contribution is -2.28. The van der Waals surface area contributed by atoms with Crippen molar-refractivity contribution in [3.63, 3.8) is 0 Å². The SMILES string of the molecule is CC[C@](O)(c1ccc(F)cc1)c1cc(-c2c[nH]c3ncc(-c4cnn(C)c4)cc23)nc(N)n1. The highest BCUT2D eigenvalue weighted by Crippen LogP contribution is 2.36. The Morgan fingerprint density at radius 1 is 1.12 bits per heavy atom. The molecule has 0 unspecified atom stereocenters. The third-order valence-corrected chi connectivity index (χ3v) is 5.85. The van der Waals surface area contributed by atoms with Gasteiger partial charge in [0, 0.05) is 47.7 Å². The van der Waals surface area contributed by atoms with Crippen molar-refractivity contribution < 1.29 is 9.50 Å². The number of nitrogen functional groups attached to an aromatic ring is 1. The second-order valence-corrected chi connectivity index (χ2v) is 7.94. The van der Waals surface area contributed by atoms with Crippen molar-refractivity contribution in [3.05, 3.63) is 78.3 Å². The number of hydrogen-bond acceptors (Lipinski definition) is 6. The summed E-state index contributed by atoms with van der Waals surface area (Å²) in [6.45, 7) is 1.83. The van der Waals surface area contributed by atoms with Crippen molar-refractivity contribution in [2.45, 2.75) is 18.9 Å². The van der Waals surface area contributed by atoms with Crippen LogP contribution in [0.2, 0.25) is 0 Å². The molecule has 4 heterocycles. The zero-order valence-corrected chi connectivity index (χ0v) is 18.1. The van der Waals surface area contributed by atoms with Crippen LogP contribution in [-0.2, 0) is 12.6 Å². The average molecular weight is 443 g/mol. The van der Waals surface area contributed by atoms with E-state index in [9.17, 15) is 9.50 Å². The number of fused-ring (bicyclic) bond motifs is 1. The number of hydrogen-bond donors (Lipinski definition) is 3. The molecule has 0 saturated carbocycles. The fraction of sp³-hybridized carbons (Fsp3) is 0.167. The highest BCUT2D eigenvalue weighted by molar-refractivity contribution is 5.95. The molecule has 0 amide bonds. The molecule has 9 heteroatoms. The molecule has 1 atom stereocenters. The molecule has 0 fully saturated rings. The van der Waals surface area contributed by atoms with E-state index in [4.69, 9.17) is 5.73 Å². The number of aryl methyl sites for hydroxylation is 1. The van der Waals surface area contributed by atoms with Gasteiger partial charge in [-0.1, -0.05) is 19.1 Å². The average Bonchev–Trinajstić information content (AvgIpc) is 3.44. The quantitative estimate of drug-likeness (QED) is 0.380. The minimum Gasteiger partial charge on any atom is -0.379 e. The summed E-state index contributed by atoms with van der Waals surface area (Å²) in [4.78, 5) is 16.4. The Labute approximate surface area is 189 Å². The van der Waals surface area contributed by atoms with Crippen molar-refractivity contribution in [1.82, 2.24) is 29.7 Å². The fourth-order valence-electron chi connectivity index (χ4n) is 4.02. The first-order valence-electron chi connectivity index (χ1n) is 10.5. The van der Waals surface area contributed by atoms with Gasteiger partial charge in [0.25, 0.3) is 0 Å². The van der Waals surface area contributed by atoms with Crippen molar-refractivity contribution in [1.29, 1.82) is 0 Å². The number of rotatable bonds is 5.